The van der Waals surface area contributed by atoms with Crippen LogP contribution in [0.25, 0.3) is 0 Å². The third kappa shape index (κ3) is 16.4. The number of aliphatic hydroxyl groups is 1. The van der Waals surface area contributed by atoms with Crippen molar-refractivity contribution >= 4 is 47.0 Å². The molecule has 6 rings (SSSR count). The monoisotopic (exact) mass is 1040 g/mol. The summed E-state index contributed by atoms with van der Waals surface area (Å²) in [6.45, 7) is 12.8. The van der Waals surface area contributed by atoms with E-state index < -0.39 is 78.0 Å². The molecule has 15 nitrogen and oxygen atoms in total. The number of alkyl halides is 3. The first-order valence-electron chi connectivity index (χ1n) is 24.4. The first-order valence-corrected chi connectivity index (χ1v) is 25.6. The van der Waals surface area contributed by atoms with Gasteiger partial charge < -0.3 is 63.1 Å². The van der Waals surface area contributed by atoms with Gasteiger partial charge in [-0.25, -0.2) is 9.59 Å². The Labute approximate surface area is 427 Å². The van der Waals surface area contributed by atoms with E-state index >= 15 is 0 Å². The van der Waals surface area contributed by atoms with Crippen molar-refractivity contribution in [2.45, 2.75) is 152 Å². The summed E-state index contributed by atoms with van der Waals surface area (Å²) in [6, 6.07) is 27.5. The van der Waals surface area contributed by atoms with E-state index in [0.717, 1.165) is 23.1 Å². The van der Waals surface area contributed by atoms with E-state index in [9.17, 15) is 14.7 Å². The lowest BCUT2D eigenvalue weighted by Gasteiger charge is -2.51. The molecule has 3 heterocycles. The molecule has 15 atom stereocenters. The van der Waals surface area contributed by atoms with E-state index in [4.69, 9.17) is 82.2 Å². The number of hydrogen-bond donors (Lipinski definition) is 3. The predicted octanol–water partition coefficient (Wildman–Crippen LogP) is 9.26. The SMILES string of the molecule is CCC1O[C@@H](O[C@@H]2C(NC(=O)OCC(Cl)(Cl)Cl)[C@H](O[C@@H]3C(OCc4ccccc4)[C@@H](OCCCNC(=O)OCc4ccccc4)OC(CC)[C@H]3C)OC(COCc3ccccc3)[C@@H]2O)C(C)[C@@H](C)[C@@H]1C. The van der Waals surface area contributed by atoms with E-state index in [1.165, 1.54) is 0 Å². The molecule has 3 aromatic carbocycles. The number of alkyl carbamates (subject to hydrolysis) is 2. The van der Waals surface area contributed by atoms with Gasteiger partial charge >= 0.3 is 12.2 Å². The summed E-state index contributed by atoms with van der Waals surface area (Å²) in [5.41, 5.74) is 2.70. The third-order valence-corrected chi connectivity index (χ3v) is 13.8. The van der Waals surface area contributed by atoms with Gasteiger partial charge in [-0.2, -0.15) is 0 Å². The molecule has 3 aliphatic rings. The second-order valence-corrected chi connectivity index (χ2v) is 20.9. The Morgan fingerprint density at radius 2 is 1.17 bits per heavy atom. The fraction of sp³-hybridized carbons (Fsp3) is 0.615. The number of carbonyl (C=O) groups excluding carboxylic acids is 2. The van der Waals surface area contributed by atoms with Gasteiger partial charge in [0.2, 0.25) is 3.79 Å². The van der Waals surface area contributed by atoms with E-state index in [-0.39, 0.29) is 75.5 Å². The van der Waals surface area contributed by atoms with Gasteiger partial charge in [0.1, 0.15) is 43.7 Å². The van der Waals surface area contributed by atoms with Crippen molar-refractivity contribution in [3.8, 4) is 0 Å². The highest BCUT2D eigenvalue weighted by Crippen LogP contribution is 2.40. The zero-order chi connectivity index (χ0) is 50.2. The van der Waals surface area contributed by atoms with E-state index in [0.29, 0.717) is 12.8 Å². The molecule has 3 aromatic rings. The summed E-state index contributed by atoms with van der Waals surface area (Å²) in [5.74, 6) is -0.0129. The lowest BCUT2D eigenvalue weighted by atomic mass is 9.78. The average Bonchev–Trinajstić information content (AvgIpc) is 3.36. The first-order chi connectivity index (χ1) is 33.6. The van der Waals surface area contributed by atoms with E-state index in [1.54, 1.807) is 0 Å². The van der Waals surface area contributed by atoms with Crippen LogP contribution in [-0.2, 0) is 67.2 Å². The molecule has 6 unspecified atom stereocenters. The molecule has 3 N–H and O–H groups in total. The van der Waals surface area contributed by atoms with Crippen LogP contribution in [0.3, 0.4) is 0 Å². The molecule has 3 aliphatic heterocycles. The summed E-state index contributed by atoms with van der Waals surface area (Å²) in [7, 11) is 0. The number of nitrogens with one attached hydrogen (secondary N) is 2. The van der Waals surface area contributed by atoms with Gasteiger partial charge in [-0.15, -0.1) is 0 Å². The number of hydrogen-bond acceptors (Lipinski definition) is 13. The molecule has 388 valence electrons. The van der Waals surface area contributed by atoms with Crippen molar-refractivity contribution < 1.29 is 62.1 Å². The highest BCUT2D eigenvalue weighted by molar-refractivity contribution is 6.67. The van der Waals surface area contributed by atoms with Crippen LogP contribution in [0.15, 0.2) is 91.0 Å². The van der Waals surface area contributed by atoms with Crippen LogP contribution in [0.2, 0.25) is 0 Å². The Hall–Kier alpha value is -3.29. The molecule has 0 aliphatic carbocycles. The Bertz CT molecular complexity index is 1990. The van der Waals surface area contributed by atoms with Gasteiger partial charge in [0, 0.05) is 18.4 Å². The molecule has 0 spiro atoms. The number of halogens is 3. The van der Waals surface area contributed by atoms with Gasteiger partial charge in [-0.05, 0) is 47.8 Å². The predicted molar refractivity (Wildman–Crippen MR) is 264 cm³/mol. The zero-order valence-electron chi connectivity index (χ0n) is 40.9. The van der Waals surface area contributed by atoms with E-state index in [2.05, 4.69) is 31.4 Å². The Morgan fingerprint density at radius 3 is 1.79 bits per heavy atom. The second kappa shape index (κ2) is 27.7. The molecule has 0 aromatic heterocycles. The molecule has 0 radical (unpaired) electrons. The van der Waals surface area contributed by atoms with Crippen LogP contribution in [-0.4, -0.2) is 115 Å². The van der Waals surface area contributed by atoms with Crippen molar-refractivity contribution in [1.82, 2.24) is 10.6 Å². The van der Waals surface area contributed by atoms with Gasteiger partial charge in [0.25, 0.3) is 0 Å². The Morgan fingerprint density at radius 1 is 0.614 bits per heavy atom. The number of amides is 2. The summed E-state index contributed by atoms with van der Waals surface area (Å²) < 4.78 is 62.2. The molecule has 3 fully saturated rings. The lowest BCUT2D eigenvalue weighted by Crippen LogP contribution is -2.68. The maximum atomic E-state index is 13.7. The summed E-state index contributed by atoms with van der Waals surface area (Å²) >= 11 is 18.0. The molecule has 3 saturated heterocycles. The maximum absolute atomic E-state index is 13.7. The highest BCUT2D eigenvalue weighted by Gasteiger charge is 2.54. The fourth-order valence-electron chi connectivity index (χ4n) is 9.12. The topological polar surface area (TPSA) is 171 Å². The van der Waals surface area contributed by atoms with Gasteiger partial charge in [0.15, 0.2) is 18.9 Å². The first kappa shape index (κ1) is 56.0. The highest BCUT2D eigenvalue weighted by atomic mass is 35.6. The van der Waals surface area contributed by atoms with E-state index in [1.807, 2.05) is 112 Å². The van der Waals surface area contributed by atoms with Crippen molar-refractivity contribution in [2.75, 3.05) is 26.4 Å². The van der Waals surface area contributed by atoms with Crippen LogP contribution in [0.5, 0.6) is 0 Å². The summed E-state index contributed by atoms with van der Waals surface area (Å²) in [6.07, 6.45) is -8.58. The minimum Gasteiger partial charge on any atom is -0.445 e. The Kier molecular flexibility index (Phi) is 22.1. The summed E-state index contributed by atoms with van der Waals surface area (Å²) in [4.78, 5) is 26.3. The maximum Gasteiger partial charge on any atom is 0.407 e. The lowest BCUT2D eigenvalue weighted by molar-refractivity contribution is -0.358. The largest absolute Gasteiger partial charge is 0.445 e. The molecule has 70 heavy (non-hydrogen) atoms. The van der Waals surface area contributed by atoms with Crippen LogP contribution in [0.4, 0.5) is 9.59 Å². The summed E-state index contributed by atoms with van der Waals surface area (Å²) in [5, 5.41) is 18.0. The second-order valence-electron chi connectivity index (χ2n) is 18.4. The van der Waals surface area contributed by atoms with Crippen LogP contribution in [0.1, 0.15) is 77.5 Å². The van der Waals surface area contributed by atoms with Crippen molar-refractivity contribution in [3.63, 3.8) is 0 Å². The molecule has 0 bridgehead atoms. The number of aliphatic hydroxyl groups excluding tert-OH is 1. The quantitative estimate of drug-likeness (QED) is 0.0644. The number of benzene rings is 3. The number of rotatable bonds is 22. The van der Waals surface area contributed by atoms with Crippen molar-refractivity contribution in [1.29, 1.82) is 0 Å². The van der Waals surface area contributed by atoms with Gasteiger partial charge in [0.05, 0.1) is 44.7 Å². The molecule has 18 heteroatoms. The zero-order valence-corrected chi connectivity index (χ0v) is 43.1. The standard InChI is InChI=1S/C52H71Cl3N2O13/c1-7-39-33(4)32(3)34(5)47(66-39)70-45-42(57-51(60)65-31-52(53,54)55)48(68-41(43(45)58)30-61-27-36-19-12-9-13-20-36)69-44-35(6)40(8-2)67-49(46(44)63-28-37-21-14-10-15-22-37)62-26-18-25-56-50(59)64-29-38-23-16-11-17-24-38/h9-17,19-24,32-35,39-49,58H,7-8,18,25-31H2,1-6H3,(H,56,59)(H,57,60)/t32-,33-,34?,35+,39?,40?,41?,42?,43-,44-,45+,46?,47-,48-,49-/m0/s1. The normalized spacial score (nSPS) is 31.4. The van der Waals surface area contributed by atoms with Crippen LogP contribution < -0.4 is 10.6 Å². The van der Waals surface area contributed by atoms with Crippen molar-refractivity contribution in [2.24, 2.45) is 23.7 Å². The molecular formula is C52H71Cl3N2O13. The van der Waals surface area contributed by atoms with Gasteiger partial charge in [-0.3, -0.25) is 0 Å². The van der Waals surface area contributed by atoms with Crippen molar-refractivity contribution in [3.05, 3.63) is 108 Å². The third-order valence-electron chi connectivity index (χ3n) is 13.5. The Balaban J connectivity index is 1.28. The number of ether oxygens (including phenoxy) is 10. The smallest absolute Gasteiger partial charge is 0.407 e. The minimum absolute atomic E-state index is 0.0687. The molecule has 0 saturated carbocycles. The minimum atomic E-state index is -1.91. The van der Waals surface area contributed by atoms with Gasteiger partial charge in [-0.1, -0.05) is 167 Å². The molecular weight excluding hydrogens is 967 g/mol. The fourth-order valence-corrected chi connectivity index (χ4v) is 9.28. The number of carbonyl (C=O) groups is 2. The average molecular weight is 1040 g/mol. The molecule has 2 amide bonds. The van der Waals surface area contributed by atoms with Crippen LogP contribution in [0, 0.1) is 23.7 Å². The van der Waals surface area contributed by atoms with Crippen LogP contribution >= 0.6 is 34.8 Å².